The fraction of sp³-hybridized carbons (Fsp3) is 0.125. The molecule has 2 N–H and O–H groups in total. The molecule has 5 rings (SSSR count). The average molecular weight is 557 g/mol. The van der Waals surface area contributed by atoms with Gasteiger partial charge in [0.25, 0.3) is 15.9 Å². The van der Waals surface area contributed by atoms with Crippen LogP contribution in [0.15, 0.2) is 80.9 Å². The number of amides is 1. The normalized spacial score (nSPS) is 15.3. The van der Waals surface area contributed by atoms with E-state index < -0.39 is 32.7 Å². The van der Waals surface area contributed by atoms with E-state index in [0.717, 1.165) is 4.31 Å². The van der Waals surface area contributed by atoms with E-state index in [1.54, 1.807) is 30.3 Å². The van der Waals surface area contributed by atoms with Crippen LogP contribution in [0.3, 0.4) is 0 Å². The summed E-state index contributed by atoms with van der Waals surface area (Å²) in [7, 11) is -8.46. The van der Waals surface area contributed by atoms with E-state index in [1.807, 2.05) is 4.72 Å². The number of anilines is 2. The largest absolute Gasteiger partial charge is 0.469 e. The highest BCUT2D eigenvalue weighted by Crippen LogP contribution is 2.40. The molecule has 14 heteroatoms. The molecule has 1 fully saturated rings. The number of sulfonamides is 1. The first kappa shape index (κ1) is 25.2. The van der Waals surface area contributed by atoms with Crippen LogP contribution in [0.5, 0.6) is 0 Å². The Hall–Kier alpha value is -4.43. The zero-order chi connectivity index (χ0) is 26.9. The topological polar surface area (TPSA) is 169 Å². The second kappa shape index (κ2) is 9.79. The molecule has 2 aromatic carbocycles. The lowest BCUT2D eigenvalue weighted by molar-refractivity contribution is -0.117. The Morgan fingerprint density at radius 3 is 2.66 bits per heavy atom. The smallest absolute Gasteiger partial charge is 0.326 e. The number of allylic oxidation sites excluding steroid dienone is 1. The van der Waals surface area contributed by atoms with Gasteiger partial charge in [-0.15, -0.1) is 0 Å². The number of aryl methyl sites for hydroxylation is 1. The standard InChI is InChI=1S/C24H20N4O8S2/c29-17(8-10-18-5-4-12-35-18)9-11-20-21(26-37(31,32)19-6-2-1-3-7-19)13-16-14-25-36-24(16)23(20)28-15-22(30)27-38(28,33)34/h1-7,9,11-14,26H,8,10,15H2,(H,27,30)/b11-9+. The Labute approximate surface area is 217 Å². The van der Waals surface area contributed by atoms with Gasteiger partial charge in [-0.2, -0.15) is 8.42 Å². The molecule has 1 aliphatic heterocycles. The van der Waals surface area contributed by atoms with Crippen LogP contribution in [-0.4, -0.2) is 40.2 Å². The van der Waals surface area contributed by atoms with Gasteiger partial charge in [0.15, 0.2) is 11.4 Å². The summed E-state index contributed by atoms with van der Waals surface area (Å²) >= 11 is 0. The number of rotatable bonds is 9. The Morgan fingerprint density at radius 1 is 1.18 bits per heavy atom. The molecule has 0 aliphatic carbocycles. The maximum absolute atomic E-state index is 13.2. The van der Waals surface area contributed by atoms with E-state index in [0.29, 0.717) is 12.2 Å². The minimum absolute atomic E-state index is 0.0137. The number of benzene rings is 2. The number of carbonyl (C=O) groups excluding carboxylic acids is 2. The maximum atomic E-state index is 13.2. The third-order valence-electron chi connectivity index (χ3n) is 5.66. The van der Waals surface area contributed by atoms with Crippen molar-refractivity contribution in [2.24, 2.45) is 0 Å². The van der Waals surface area contributed by atoms with Crippen LogP contribution in [0.4, 0.5) is 11.4 Å². The van der Waals surface area contributed by atoms with Gasteiger partial charge in [-0.25, -0.2) is 17.4 Å². The van der Waals surface area contributed by atoms with Gasteiger partial charge in [-0.05, 0) is 42.5 Å². The molecular formula is C24H20N4O8S2. The molecule has 0 bridgehead atoms. The first-order chi connectivity index (χ1) is 18.1. The van der Waals surface area contributed by atoms with Crippen LogP contribution in [0.2, 0.25) is 0 Å². The Balaban J connectivity index is 1.63. The van der Waals surface area contributed by atoms with Crippen molar-refractivity contribution in [3.05, 3.63) is 78.4 Å². The first-order valence-electron chi connectivity index (χ1n) is 11.2. The van der Waals surface area contributed by atoms with Crippen LogP contribution in [-0.2, 0) is 36.2 Å². The molecule has 0 unspecified atom stereocenters. The highest BCUT2D eigenvalue weighted by molar-refractivity contribution is 7.92. The van der Waals surface area contributed by atoms with Crippen molar-refractivity contribution in [1.29, 1.82) is 0 Å². The van der Waals surface area contributed by atoms with Gasteiger partial charge in [0, 0.05) is 23.8 Å². The Kier molecular flexibility index (Phi) is 6.50. The van der Waals surface area contributed by atoms with Crippen LogP contribution in [0.25, 0.3) is 17.0 Å². The minimum atomic E-state index is -4.33. The summed E-state index contributed by atoms with van der Waals surface area (Å²) in [6.45, 7) is -0.583. The summed E-state index contributed by atoms with van der Waals surface area (Å²) in [5.41, 5.74) is -0.237. The third kappa shape index (κ3) is 5.03. The van der Waals surface area contributed by atoms with Crippen LogP contribution < -0.4 is 13.7 Å². The van der Waals surface area contributed by atoms with Gasteiger partial charge < -0.3 is 8.94 Å². The molecule has 1 saturated heterocycles. The Bertz CT molecular complexity index is 1760. The number of furan rings is 1. The number of nitrogens with zero attached hydrogens (tertiary/aromatic N) is 2. The number of aromatic nitrogens is 1. The van der Waals surface area contributed by atoms with E-state index in [9.17, 15) is 26.4 Å². The van der Waals surface area contributed by atoms with Crippen molar-refractivity contribution in [3.63, 3.8) is 0 Å². The number of nitrogens with one attached hydrogen (secondary N) is 2. The monoisotopic (exact) mass is 556 g/mol. The summed E-state index contributed by atoms with van der Waals surface area (Å²) in [6.07, 6.45) is 5.66. The van der Waals surface area contributed by atoms with Gasteiger partial charge >= 0.3 is 10.2 Å². The van der Waals surface area contributed by atoms with Crippen molar-refractivity contribution in [2.45, 2.75) is 17.7 Å². The molecule has 3 heterocycles. The summed E-state index contributed by atoms with van der Waals surface area (Å²) < 4.78 is 67.5. The zero-order valence-corrected chi connectivity index (χ0v) is 21.2. The van der Waals surface area contributed by atoms with E-state index in [-0.39, 0.29) is 45.0 Å². The van der Waals surface area contributed by atoms with Crippen molar-refractivity contribution in [1.82, 2.24) is 9.88 Å². The maximum Gasteiger partial charge on any atom is 0.326 e. The summed E-state index contributed by atoms with van der Waals surface area (Å²) in [5, 5.41) is 3.98. The molecule has 1 aliphatic rings. The Morgan fingerprint density at radius 2 is 1.97 bits per heavy atom. The number of hydrogen-bond donors (Lipinski definition) is 2. The predicted molar refractivity (Wildman–Crippen MR) is 137 cm³/mol. The molecule has 1 amide bonds. The second-order valence-electron chi connectivity index (χ2n) is 8.27. The lowest BCUT2D eigenvalue weighted by Crippen LogP contribution is -2.30. The van der Waals surface area contributed by atoms with E-state index in [2.05, 4.69) is 9.88 Å². The van der Waals surface area contributed by atoms with Crippen LogP contribution >= 0.6 is 0 Å². The zero-order valence-electron chi connectivity index (χ0n) is 19.5. The van der Waals surface area contributed by atoms with Crippen molar-refractivity contribution in [3.8, 4) is 0 Å². The SMILES string of the molecule is O=C(/C=C/c1c(NS(=O)(=O)c2ccccc2)cc2cnoc2c1N1CC(=O)NS1(=O)=O)CCc1ccco1. The van der Waals surface area contributed by atoms with Gasteiger partial charge in [0.1, 0.15) is 18.0 Å². The highest BCUT2D eigenvalue weighted by atomic mass is 32.2. The van der Waals surface area contributed by atoms with Gasteiger partial charge in [-0.1, -0.05) is 23.4 Å². The molecule has 4 aromatic rings. The fourth-order valence-corrected chi connectivity index (χ4v) is 6.19. The van der Waals surface area contributed by atoms with E-state index in [4.69, 9.17) is 8.94 Å². The number of hydrogen-bond acceptors (Lipinski definition) is 9. The van der Waals surface area contributed by atoms with Crippen molar-refractivity contribution in [2.75, 3.05) is 15.6 Å². The molecule has 196 valence electrons. The van der Waals surface area contributed by atoms with E-state index >= 15 is 0 Å². The first-order valence-corrected chi connectivity index (χ1v) is 14.1. The number of carbonyl (C=O) groups is 2. The molecule has 0 radical (unpaired) electrons. The van der Waals surface area contributed by atoms with Crippen molar-refractivity contribution >= 4 is 60.3 Å². The fourth-order valence-electron chi connectivity index (χ4n) is 3.92. The predicted octanol–water partition coefficient (Wildman–Crippen LogP) is 2.62. The van der Waals surface area contributed by atoms with Gasteiger partial charge in [0.2, 0.25) is 0 Å². The molecule has 0 saturated carbocycles. The quantitative estimate of drug-likeness (QED) is 0.294. The molecular weight excluding hydrogens is 536 g/mol. The summed E-state index contributed by atoms with van der Waals surface area (Å²) in [6, 6.07) is 12.4. The molecule has 2 aromatic heterocycles. The third-order valence-corrected chi connectivity index (χ3v) is 8.42. The lowest BCUT2D eigenvalue weighted by atomic mass is 10.1. The molecule has 0 atom stereocenters. The summed E-state index contributed by atoms with van der Waals surface area (Å²) in [5.74, 6) is -0.516. The summed E-state index contributed by atoms with van der Waals surface area (Å²) in [4.78, 5) is 24.6. The molecule has 38 heavy (non-hydrogen) atoms. The average Bonchev–Trinajstić information content (AvgIpc) is 3.61. The lowest BCUT2D eigenvalue weighted by Gasteiger charge is -2.20. The van der Waals surface area contributed by atoms with Gasteiger partial charge in [0.05, 0.1) is 23.0 Å². The van der Waals surface area contributed by atoms with Crippen LogP contribution in [0, 0.1) is 0 Å². The second-order valence-corrected chi connectivity index (χ2v) is 11.5. The molecule has 0 spiro atoms. The van der Waals surface area contributed by atoms with E-state index in [1.165, 1.54) is 42.8 Å². The highest BCUT2D eigenvalue weighted by Gasteiger charge is 2.38. The number of ketones is 1. The number of fused-ring (bicyclic) bond motifs is 1. The van der Waals surface area contributed by atoms with Gasteiger partial charge in [-0.3, -0.25) is 14.3 Å². The van der Waals surface area contributed by atoms with Crippen molar-refractivity contribution < 1.29 is 35.4 Å². The minimum Gasteiger partial charge on any atom is -0.469 e. The van der Waals surface area contributed by atoms with Crippen LogP contribution in [0.1, 0.15) is 17.7 Å². The molecule has 12 nitrogen and oxygen atoms in total.